The highest BCUT2D eigenvalue weighted by molar-refractivity contribution is 5.87. The highest BCUT2D eigenvalue weighted by atomic mass is 16.5. The number of aromatic nitrogens is 5. The van der Waals surface area contributed by atoms with Crippen molar-refractivity contribution in [3.05, 3.63) is 41.7 Å². The molecule has 3 heterocycles. The lowest BCUT2D eigenvalue weighted by Crippen LogP contribution is -2.38. The maximum Gasteiger partial charge on any atom is 0.180 e. The fourth-order valence-electron chi connectivity index (χ4n) is 3.04. The van der Waals surface area contributed by atoms with E-state index in [2.05, 4.69) is 30.0 Å². The third kappa shape index (κ3) is 3.31. The van der Waals surface area contributed by atoms with Gasteiger partial charge >= 0.3 is 0 Å². The van der Waals surface area contributed by atoms with E-state index in [4.69, 9.17) is 10.5 Å². The Labute approximate surface area is 145 Å². The Bertz CT molecular complexity index is 878. The maximum atomic E-state index is 6.08. The number of fused-ring (bicyclic) bond motifs is 1. The van der Waals surface area contributed by atoms with Crippen LogP contribution in [0.5, 0.6) is 0 Å². The summed E-state index contributed by atoms with van der Waals surface area (Å²) in [6.45, 7) is 4.82. The number of aryl methyl sites for hydroxylation is 1. The summed E-state index contributed by atoms with van der Waals surface area (Å²) >= 11 is 0. The quantitative estimate of drug-likeness (QED) is 0.741. The second-order valence-electron chi connectivity index (χ2n) is 6.13. The summed E-state index contributed by atoms with van der Waals surface area (Å²) in [7, 11) is 0. The number of hydrogen-bond acceptors (Lipinski definition) is 7. The van der Waals surface area contributed by atoms with Gasteiger partial charge in [0.25, 0.3) is 0 Å². The first-order valence-electron chi connectivity index (χ1n) is 8.49. The van der Waals surface area contributed by atoms with Crippen LogP contribution in [0.2, 0.25) is 0 Å². The van der Waals surface area contributed by atoms with Crippen LogP contribution in [0.25, 0.3) is 10.9 Å². The Hall–Kier alpha value is -2.58. The van der Waals surface area contributed by atoms with Gasteiger partial charge in [-0.15, -0.1) is 0 Å². The highest BCUT2D eigenvalue weighted by Gasteiger charge is 2.26. The van der Waals surface area contributed by atoms with Gasteiger partial charge in [0.1, 0.15) is 23.6 Å². The second-order valence-corrected chi connectivity index (χ2v) is 6.13. The van der Waals surface area contributed by atoms with Crippen LogP contribution in [0.4, 0.5) is 5.82 Å². The van der Waals surface area contributed by atoms with E-state index in [1.807, 2.05) is 31.2 Å². The maximum absolute atomic E-state index is 6.08. The van der Waals surface area contributed by atoms with E-state index in [1.165, 1.54) is 0 Å². The van der Waals surface area contributed by atoms with Gasteiger partial charge in [0, 0.05) is 24.9 Å². The van der Waals surface area contributed by atoms with Crippen molar-refractivity contribution >= 4 is 16.7 Å². The molecule has 1 fully saturated rings. The number of nitrogens with zero attached hydrogens (tertiary/aromatic N) is 5. The number of hydrogen-bond donors (Lipinski definition) is 2. The molecule has 0 unspecified atom stereocenters. The van der Waals surface area contributed by atoms with E-state index in [0.29, 0.717) is 31.3 Å². The summed E-state index contributed by atoms with van der Waals surface area (Å²) < 4.78 is 5.83. The fraction of sp³-hybridized carbons (Fsp3) is 0.412. The van der Waals surface area contributed by atoms with Gasteiger partial charge in [0.05, 0.1) is 18.7 Å². The van der Waals surface area contributed by atoms with E-state index < -0.39 is 0 Å². The molecule has 0 aliphatic carbocycles. The van der Waals surface area contributed by atoms with E-state index in [-0.39, 0.29) is 6.10 Å². The molecule has 1 saturated heterocycles. The molecule has 2 aromatic heterocycles. The molecule has 1 aromatic carbocycles. The number of anilines is 1. The molecule has 3 N–H and O–H groups in total. The van der Waals surface area contributed by atoms with Gasteiger partial charge in [0.2, 0.25) is 0 Å². The molecule has 1 atom stereocenters. The van der Waals surface area contributed by atoms with Gasteiger partial charge < -0.3 is 10.5 Å². The minimum atomic E-state index is -0.136. The zero-order valence-electron chi connectivity index (χ0n) is 14.1. The van der Waals surface area contributed by atoms with Crippen molar-refractivity contribution in [1.82, 2.24) is 30.0 Å². The smallest absolute Gasteiger partial charge is 0.180 e. The zero-order chi connectivity index (χ0) is 17.2. The number of ether oxygens (including phenoxy) is 1. The van der Waals surface area contributed by atoms with Crippen molar-refractivity contribution in [2.75, 3.05) is 25.4 Å². The Morgan fingerprint density at radius 1 is 1.28 bits per heavy atom. The van der Waals surface area contributed by atoms with Crippen molar-refractivity contribution in [3.63, 3.8) is 0 Å². The highest BCUT2D eigenvalue weighted by Crippen LogP contribution is 2.22. The third-order valence-corrected chi connectivity index (χ3v) is 4.37. The van der Waals surface area contributed by atoms with Gasteiger partial charge in [-0.3, -0.25) is 10.00 Å². The molecule has 8 nitrogen and oxygen atoms in total. The number of nitrogens with one attached hydrogen (secondary N) is 1. The van der Waals surface area contributed by atoms with Crippen LogP contribution in [-0.4, -0.2) is 49.7 Å². The van der Waals surface area contributed by atoms with E-state index in [9.17, 15) is 0 Å². The van der Waals surface area contributed by atoms with Gasteiger partial charge in [-0.25, -0.2) is 15.0 Å². The predicted octanol–water partition coefficient (Wildman–Crippen LogP) is 1.47. The molecule has 0 saturated carbocycles. The molecule has 0 spiro atoms. The van der Waals surface area contributed by atoms with E-state index >= 15 is 0 Å². The van der Waals surface area contributed by atoms with Crippen molar-refractivity contribution in [1.29, 1.82) is 0 Å². The lowest BCUT2D eigenvalue weighted by Gasteiger charge is -2.31. The lowest BCUT2D eigenvalue weighted by atomic mass is 10.2. The molecular formula is C17H21N7O. The summed E-state index contributed by atoms with van der Waals surface area (Å²) in [5, 5.41) is 8.10. The zero-order valence-corrected chi connectivity index (χ0v) is 14.1. The normalized spacial score (nSPS) is 18.7. The summed E-state index contributed by atoms with van der Waals surface area (Å²) in [5.41, 5.74) is 6.95. The average molecular weight is 339 g/mol. The molecule has 4 rings (SSSR count). The van der Waals surface area contributed by atoms with Crippen LogP contribution in [0.1, 0.15) is 30.5 Å². The predicted molar refractivity (Wildman–Crippen MR) is 93.7 cm³/mol. The summed E-state index contributed by atoms with van der Waals surface area (Å²) in [5.74, 6) is 2.83. The van der Waals surface area contributed by atoms with Gasteiger partial charge in [-0.2, -0.15) is 5.10 Å². The van der Waals surface area contributed by atoms with Crippen LogP contribution < -0.4 is 5.73 Å². The minimum Gasteiger partial charge on any atom is -0.383 e. The van der Waals surface area contributed by atoms with Crippen LogP contribution >= 0.6 is 0 Å². The number of rotatable bonds is 4. The largest absolute Gasteiger partial charge is 0.383 e. The van der Waals surface area contributed by atoms with Crippen LogP contribution in [0, 0.1) is 0 Å². The molecule has 0 bridgehead atoms. The first-order chi connectivity index (χ1) is 12.2. The number of para-hydroxylation sites is 1. The summed E-state index contributed by atoms with van der Waals surface area (Å²) in [6.07, 6.45) is 0.691. The molecule has 1 aliphatic heterocycles. The molecule has 25 heavy (non-hydrogen) atoms. The van der Waals surface area contributed by atoms with Crippen molar-refractivity contribution < 1.29 is 4.74 Å². The Morgan fingerprint density at radius 3 is 3.00 bits per heavy atom. The van der Waals surface area contributed by atoms with Gasteiger partial charge in [0.15, 0.2) is 5.82 Å². The van der Waals surface area contributed by atoms with Crippen LogP contribution in [0.3, 0.4) is 0 Å². The van der Waals surface area contributed by atoms with Crippen LogP contribution in [-0.2, 0) is 17.7 Å². The monoisotopic (exact) mass is 339 g/mol. The van der Waals surface area contributed by atoms with Crippen LogP contribution in [0.15, 0.2) is 24.3 Å². The molecule has 0 radical (unpaired) electrons. The topological polar surface area (TPSA) is 106 Å². The van der Waals surface area contributed by atoms with Crippen molar-refractivity contribution in [2.45, 2.75) is 26.0 Å². The van der Waals surface area contributed by atoms with E-state index in [1.54, 1.807) is 0 Å². The molecule has 0 amide bonds. The second kappa shape index (κ2) is 6.73. The van der Waals surface area contributed by atoms with Crippen molar-refractivity contribution in [2.24, 2.45) is 0 Å². The molecule has 8 heteroatoms. The van der Waals surface area contributed by atoms with Gasteiger partial charge in [-0.1, -0.05) is 19.1 Å². The molecule has 3 aromatic rings. The van der Waals surface area contributed by atoms with Gasteiger partial charge in [-0.05, 0) is 12.1 Å². The number of benzene rings is 1. The standard InChI is InChI=1S/C17H21N7O/c1-2-14-21-17(23-22-14)13-9-24(7-8-25-13)10-15-19-12-6-4-3-5-11(12)16(18)20-15/h3-6,13H,2,7-10H2,1H3,(H2,18,19,20)(H,21,22,23)/t13-/m0/s1. The summed E-state index contributed by atoms with van der Waals surface area (Å²) in [6, 6.07) is 7.79. The molecule has 130 valence electrons. The first-order valence-corrected chi connectivity index (χ1v) is 8.49. The molecule has 1 aliphatic rings. The number of aromatic amines is 1. The Morgan fingerprint density at radius 2 is 2.16 bits per heavy atom. The Balaban J connectivity index is 1.50. The first kappa shape index (κ1) is 15.9. The number of morpholine rings is 1. The average Bonchev–Trinajstić information content (AvgIpc) is 3.11. The SMILES string of the molecule is CCc1nc([C@@H]2CN(Cc3nc(N)c4ccccc4n3)CCO2)n[nH]1. The summed E-state index contributed by atoms with van der Waals surface area (Å²) in [4.78, 5) is 15.8. The molecular weight excluding hydrogens is 318 g/mol. The van der Waals surface area contributed by atoms with E-state index in [0.717, 1.165) is 35.5 Å². The van der Waals surface area contributed by atoms with Crippen molar-refractivity contribution in [3.8, 4) is 0 Å². The minimum absolute atomic E-state index is 0.136. The fourth-order valence-corrected chi connectivity index (χ4v) is 3.04. The number of nitrogens with two attached hydrogens (primary N) is 1. The Kier molecular flexibility index (Phi) is 4.29. The number of H-pyrrole nitrogens is 1. The third-order valence-electron chi connectivity index (χ3n) is 4.37. The lowest BCUT2D eigenvalue weighted by molar-refractivity contribution is -0.0377. The number of nitrogen functional groups attached to an aromatic ring is 1.